The Kier molecular flexibility index (Phi) is 6.94. The van der Waals surface area contributed by atoms with Crippen LogP contribution in [0.15, 0.2) is 83.3 Å². The molecule has 0 saturated carbocycles. The molecule has 3 aromatic carbocycles. The normalized spacial score (nSPS) is 24.5. The van der Waals surface area contributed by atoms with Crippen LogP contribution in [0.5, 0.6) is 5.75 Å². The number of benzene rings is 3. The first-order valence-electron chi connectivity index (χ1n) is 12.0. The molecular formula is C28H27BrN2O5. The first kappa shape index (κ1) is 24.6. The third-order valence-electron chi connectivity index (χ3n) is 6.51. The van der Waals surface area contributed by atoms with Crippen LogP contribution in [-0.2, 0) is 20.2 Å². The number of amides is 2. The Labute approximate surface area is 218 Å². The number of hydrogen-bond acceptors (Lipinski definition) is 6. The van der Waals surface area contributed by atoms with Gasteiger partial charge >= 0.3 is 0 Å². The van der Waals surface area contributed by atoms with Crippen molar-refractivity contribution in [3.8, 4) is 5.75 Å². The van der Waals surface area contributed by atoms with Gasteiger partial charge in [-0.05, 0) is 48.4 Å². The molecule has 0 bridgehead atoms. The van der Waals surface area contributed by atoms with Crippen LogP contribution in [0.1, 0.15) is 43.4 Å². The number of nitrogens with zero attached hydrogens (tertiary/aromatic N) is 2. The Morgan fingerprint density at radius 3 is 2.36 bits per heavy atom. The summed E-state index contributed by atoms with van der Waals surface area (Å²) in [5, 5.41) is 13.1. The zero-order chi connectivity index (χ0) is 25.3. The van der Waals surface area contributed by atoms with Crippen molar-refractivity contribution in [2.45, 2.75) is 44.1 Å². The standard InChI is InChI=1S/C28H27BrN2O5/c1-2-16-35-23-14-12-22(13-15-23)30-26(32)17-24(27(30)33)31-25(19-6-4-3-5-7-19)18-28(34,36-31)20-8-10-21(29)11-9-20/h3-15,24-25,34H,2,16-18H2,1H3/t24-,25-,28-/m0/s1. The van der Waals surface area contributed by atoms with E-state index >= 15 is 0 Å². The molecule has 0 aromatic heterocycles. The van der Waals surface area contributed by atoms with Gasteiger partial charge in [-0.1, -0.05) is 65.3 Å². The van der Waals surface area contributed by atoms with Crippen molar-refractivity contribution in [3.63, 3.8) is 0 Å². The van der Waals surface area contributed by atoms with Gasteiger partial charge in [0.15, 0.2) is 0 Å². The average molecular weight is 551 g/mol. The van der Waals surface area contributed by atoms with Gasteiger partial charge in [0.1, 0.15) is 11.8 Å². The minimum atomic E-state index is -1.64. The van der Waals surface area contributed by atoms with Gasteiger partial charge < -0.3 is 9.84 Å². The number of halogens is 1. The van der Waals surface area contributed by atoms with Gasteiger partial charge in [0.05, 0.1) is 24.8 Å². The number of carbonyl (C=O) groups excluding carboxylic acids is 2. The monoisotopic (exact) mass is 550 g/mol. The third kappa shape index (κ3) is 4.69. The molecular weight excluding hydrogens is 524 g/mol. The maximum absolute atomic E-state index is 13.6. The van der Waals surface area contributed by atoms with Crippen molar-refractivity contribution in [2.24, 2.45) is 0 Å². The molecule has 2 aliphatic rings. The third-order valence-corrected chi connectivity index (χ3v) is 7.04. The number of hydroxylamine groups is 2. The maximum atomic E-state index is 13.6. The fourth-order valence-corrected chi connectivity index (χ4v) is 4.99. The molecule has 36 heavy (non-hydrogen) atoms. The van der Waals surface area contributed by atoms with Crippen molar-refractivity contribution >= 4 is 33.4 Å². The molecule has 8 heteroatoms. The van der Waals surface area contributed by atoms with Crippen LogP contribution in [0.3, 0.4) is 0 Å². The van der Waals surface area contributed by atoms with E-state index in [2.05, 4.69) is 15.9 Å². The van der Waals surface area contributed by atoms with E-state index in [-0.39, 0.29) is 24.7 Å². The highest BCUT2D eigenvalue weighted by atomic mass is 79.9. The minimum Gasteiger partial charge on any atom is -0.494 e. The highest BCUT2D eigenvalue weighted by Crippen LogP contribution is 2.47. The van der Waals surface area contributed by atoms with Gasteiger partial charge in [-0.15, -0.1) is 0 Å². The first-order valence-corrected chi connectivity index (χ1v) is 12.8. The second-order valence-electron chi connectivity index (χ2n) is 9.00. The summed E-state index contributed by atoms with van der Waals surface area (Å²) >= 11 is 3.42. The van der Waals surface area contributed by atoms with Crippen LogP contribution in [0.2, 0.25) is 0 Å². The van der Waals surface area contributed by atoms with E-state index in [0.29, 0.717) is 23.6 Å². The Balaban J connectivity index is 1.44. The smallest absolute Gasteiger partial charge is 0.254 e. The number of rotatable bonds is 7. The van der Waals surface area contributed by atoms with Crippen molar-refractivity contribution in [1.29, 1.82) is 0 Å². The number of anilines is 1. The number of imide groups is 1. The van der Waals surface area contributed by atoms with E-state index in [0.717, 1.165) is 16.5 Å². The van der Waals surface area contributed by atoms with Crippen LogP contribution >= 0.6 is 15.9 Å². The Hall–Kier alpha value is -3.04. The molecule has 0 aliphatic carbocycles. The number of aliphatic hydroxyl groups is 1. The summed E-state index contributed by atoms with van der Waals surface area (Å²) in [5.41, 5.74) is 1.95. The zero-order valence-corrected chi connectivity index (χ0v) is 21.4. The van der Waals surface area contributed by atoms with Crippen LogP contribution in [0.25, 0.3) is 0 Å². The lowest BCUT2D eigenvalue weighted by molar-refractivity contribution is -0.303. The molecule has 3 aromatic rings. The highest BCUT2D eigenvalue weighted by Gasteiger charge is 2.54. The van der Waals surface area contributed by atoms with Gasteiger partial charge in [0.25, 0.3) is 5.91 Å². The highest BCUT2D eigenvalue weighted by molar-refractivity contribution is 9.10. The summed E-state index contributed by atoms with van der Waals surface area (Å²) in [6.45, 7) is 2.62. The van der Waals surface area contributed by atoms with Crippen LogP contribution in [0, 0.1) is 0 Å². The van der Waals surface area contributed by atoms with Crippen LogP contribution < -0.4 is 9.64 Å². The lowest BCUT2D eigenvalue weighted by atomic mass is 9.94. The van der Waals surface area contributed by atoms with Crippen LogP contribution in [0.4, 0.5) is 5.69 Å². The maximum Gasteiger partial charge on any atom is 0.254 e. The predicted molar refractivity (Wildman–Crippen MR) is 138 cm³/mol. The van der Waals surface area contributed by atoms with Crippen LogP contribution in [-0.4, -0.2) is 34.6 Å². The topological polar surface area (TPSA) is 79.3 Å². The van der Waals surface area contributed by atoms with E-state index < -0.39 is 17.9 Å². The van der Waals surface area contributed by atoms with Gasteiger partial charge in [-0.2, -0.15) is 5.06 Å². The lowest BCUT2D eigenvalue weighted by Gasteiger charge is -2.28. The predicted octanol–water partition coefficient (Wildman–Crippen LogP) is 5.09. The molecule has 2 heterocycles. The molecule has 1 N–H and O–H groups in total. The fraction of sp³-hybridized carbons (Fsp3) is 0.286. The Morgan fingerprint density at radius 1 is 1.00 bits per heavy atom. The molecule has 7 nitrogen and oxygen atoms in total. The van der Waals surface area contributed by atoms with Gasteiger partial charge in [0, 0.05) is 16.5 Å². The van der Waals surface area contributed by atoms with Gasteiger partial charge in [-0.25, -0.2) is 4.90 Å². The molecule has 0 spiro atoms. The van der Waals surface area contributed by atoms with Crippen molar-refractivity contribution < 1.29 is 24.3 Å². The quantitative estimate of drug-likeness (QED) is 0.412. The molecule has 5 rings (SSSR count). The van der Waals surface area contributed by atoms with E-state index in [1.807, 2.05) is 49.4 Å². The minimum absolute atomic E-state index is 0.0489. The first-order chi connectivity index (χ1) is 17.4. The molecule has 186 valence electrons. The SMILES string of the molecule is CCCOc1ccc(N2C(=O)C[C@H](N3O[C@](O)(c4ccc(Br)cc4)C[C@H]3c3ccccc3)C2=O)cc1. The number of ether oxygens (including phenoxy) is 1. The molecule has 3 atom stereocenters. The molecule has 0 unspecified atom stereocenters. The van der Waals surface area contributed by atoms with E-state index in [1.165, 1.54) is 9.96 Å². The molecule has 2 saturated heterocycles. The van der Waals surface area contributed by atoms with E-state index in [4.69, 9.17) is 9.57 Å². The lowest BCUT2D eigenvalue weighted by Crippen LogP contribution is -2.42. The van der Waals surface area contributed by atoms with Gasteiger partial charge in [0.2, 0.25) is 11.7 Å². The summed E-state index contributed by atoms with van der Waals surface area (Å²) in [6.07, 6.45) is 1.05. The van der Waals surface area contributed by atoms with Crippen molar-refractivity contribution in [3.05, 3.63) is 94.5 Å². The average Bonchev–Trinajstić information content (AvgIpc) is 3.40. The fourth-order valence-electron chi connectivity index (χ4n) is 4.73. The summed E-state index contributed by atoms with van der Waals surface area (Å²) < 4.78 is 6.49. The summed E-state index contributed by atoms with van der Waals surface area (Å²) in [4.78, 5) is 34.0. The summed E-state index contributed by atoms with van der Waals surface area (Å²) in [5.74, 6) is -1.66. The zero-order valence-electron chi connectivity index (χ0n) is 19.8. The molecule has 2 fully saturated rings. The van der Waals surface area contributed by atoms with E-state index in [9.17, 15) is 14.7 Å². The summed E-state index contributed by atoms with van der Waals surface area (Å²) in [7, 11) is 0. The Bertz CT molecular complexity index is 1240. The van der Waals surface area contributed by atoms with Gasteiger partial charge in [-0.3, -0.25) is 14.4 Å². The van der Waals surface area contributed by atoms with E-state index in [1.54, 1.807) is 36.4 Å². The number of carbonyl (C=O) groups is 2. The number of hydrogen-bond donors (Lipinski definition) is 1. The van der Waals surface area contributed by atoms with Crippen molar-refractivity contribution in [1.82, 2.24) is 5.06 Å². The Morgan fingerprint density at radius 2 is 1.69 bits per heavy atom. The second-order valence-corrected chi connectivity index (χ2v) is 9.92. The molecule has 2 aliphatic heterocycles. The molecule has 0 radical (unpaired) electrons. The largest absolute Gasteiger partial charge is 0.494 e. The summed E-state index contributed by atoms with van der Waals surface area (Å²) in [6, 6.07) is 22.4. The molecule has 2 amide bonds. The second kappa shape index (κ2) is 10.1. The van der Waals surface area contributed by atoms with Crippen molar-refractivity contribution in [2.75, 3.05) is 11.5 Å².